The molecule has 1 aromatic rings. The lowest BCUT2D eigenvalue weighted by molar-refractivity contribution is -0.173. The molecule has 0 spiro atoms. The van der Waals surface area contributed by atoms with Crippen LogP contribution in [0.1, 0.15) is 5.56 Å². The summed E-state index contributed by atoms with van der Waals surface area (Å²) in [6.07, 6.45) is -4.93. The van der Waals surface area contributed by atoms with Gasteiger partial charge in [0.15, 0.2) is 0 Å². The van der Waals surface area contributed by atoms with Crippen LogP contribution in [0, 0.1) is 0 Å². The third-order valence-electron chi connectivity index (χ3n) is 1.81. The van der Waals surface area contributed by atoms with Gasteiger partial charge in [-0.05, 0) is 11.6 Å². The van der Waals surface area contributed by atoms with Gasteiger partial charge in [-0.1, -0.05) is 40.9 Å². The van der Waals surface area contributed by atoms with Gasteiger partial charge >= 0.3 is 12.1 Å². The SMILES string of the molecule is O=C(NCc1ccc(Cl)c(Cl)c1Cl)C(F)(F)F. The largest absolute Gasteiger partial charge is 0.471 e. The highest BCUT2D eigenvalue weighted by atomic mass is 35.5. The lowest BCUT2D eigenvalue weighted by atomic mass is 10.2. The third kappa shape index (κ3) is 3.66. The van der Waals surface area contributed by atoms with Crippen LogP contribution in [0.25, 0.3) is 0 Å². The minimum atomic E-state index is -4.93. The average Bonchev–Trinajstić information content (AvgIpc) is 2.23. The summed E-state index contributed by atoms with van der Waals surface area (Å²) in [5, 5.41) is 1.91. The predicted octanol–water partition coefficient (Wildman–Crippen LogP) is 3.83. The summed E-state index contributed by atoms with van der Waals surface area (Å²) in [4.78, 5) is 10.6. The van der Waals surface area contributed by atoms with E-state index in [0.717, 1.165) is 0 Å². The van der Waals surface area contributed by atoms with Crippen molar-refractivity contribution in [2.75, 3.05) is 0 Å². The van der Waals surface area contributed by atoms with Crippen LogP contribution in [0.15, 0.2) is 12.1 Å². The zero-order chi connectivity index (χ0) is 13.2. The number of hydrogen-bond donors (Lipinski definition) is 1. The zero-order valence-corrected chi connectivity index (χ0v) is 10.3. The van der Waals surface area contributed by atoms with Crippen molar-refractivity contribution in [2.45, 2.75) is 12.7 Å². The van der Waals surface area contributed by atoms with Crippen molar-refractivity contribution >= 4 is 40.7 Å². The molecule has 1 amide bonds. The molecular formula is C9H5Cl3F3NO. The number of halogens is 6. The lowest BCUT2D eigenvalue weighted by Crippen LogP contribution is -2.36. The molecule has 0 aliphatic heterocycles. The molecule has 0 radical (unpaired) electrons. The Labute approximate surface area is 110 Å². The maximum absolute atomic E-state index is 11.9. The second-order valence-electron chi connectivity index (χ2n) is 3.01. The van der Waals surface area contributed by atoms with Crippen LogP contribution in [-0.4, -0.2) is 12.1 Å². The van der Waals surface area contributed by atoms with Crippen molar-refractivity contribution in [2.24, 2.45) is 0 Å². The zero-order valence-electron chi connectivity index (χ0n) is 8.04. The van der Waals surface area contributed by atoms with E-state index in [2.05, 4.69) is 0 Å². The molecule has 94 valence electrons. The summed E-state index contributed by atoms with van der Waals surface area (Å²) in [5.74, 6) is -2.04. The van der Waals surface area contributed by atoms with E-state index in [1.165, 1.54) is 12.1 Å². The van der Waals surface area contributed by atoms with E-state index >= 15 is 0 Å². The van der Waals surface area contributed by atoms with Crippen molar-refractivity contribution in [1.29, 1.82) is 0 Å². The highest BCUT2D eigenvalue weighted by Crippen LogP contribution is 2.32. The summed E-state index contributed by atoms with van der Waals surface area (Å²) in [6, 6.07) is 2.76. The summed E-state index contributed by atoms with van der Waals surface area (Å²) in [6.45, 7) is -0.381. The number of rotatable bonds is 2. The van der Waals surface area contributed by atoms with Gasteiger partial charge in [0.05, 0.1) is 15.1 Å². The Morgan fingerprint density at radius 2 is 1.76 bits per heavy atom. The van der Waals surface area contributed by atoms with Crippen LogP contribution in [0.5, 0.6) is 0 Å². The van der Waals surface area contributed by atoms with Gasteiger partial charge in [0.2, 0.25) is 0 Å². The number of alkyl halides is 3. The normalized spacial score (nSPS) is 11.4. The van der Waals surface area contributed by atoms with E-state index in [1.807, 2.05) is 0 Å². The quantitative estimate of drug-likeness (QED) is 0.827. The van der Waals surface area contributed by atoms with Crippen molar-refractivity contribution in [3.8, 4) is 0 Å². The molecule has 0 saturated carbocycles. The molecule has 17 heavy (non-hydrogen) atoms. The molecule has 1 aromatic carbocycles. The number of nitrogens with one attached hydrogen (secondary N) is 1. The van der Waals surface area contributed by atoms with E-state index in [9.17, 15) is 18.0 Å². The van der Waals surface area contributed by atoms with Crippen LogP contribution in [-0.2, 0) is 11.3 Å². The predicted molar refractivity (Wildman–Crippen MR) is 59.4 cm³/mol. The van der Waals surface area contributed by atoms with E-state index in [4.69, 9.17) is 34.8 Å². The van der Waals surface area contributed by atoms with Crippen LogP contribution in [0.2, 0.25) is 15.1 Å². The van der Waals surface area contributed by atoms with Gasteiger partial charge < -0.3 is 5.32 Å². The van der Waals surface area contributed by atoms with Crippen LogP contribution < -0.4 is 5.32 Å². The summed E-state index contributed by atoms with van der Waals surface area (Å²) in [5.41, 5.74) is 0.249. The van der Waals surface area contributed by atoms with Crippen molar-refractivity contribution in [1.82, 2.24) is 5.32 Å². The highest BCUT2D eigenvalue weighted by molar-refractivity contribution is 6.48. The summed E-state index contributed by atoms with van der Waals surface area (Å²) < 4.78 is 35.7. The molecule has 1 N–H and O–H groups in total. The van der Waals surface area contributed by atoms with Gasteiger partial charge in [-0.3, -0.25) is 4.79 Å². The van der Waals surface area contributed by atoms with Crippen LogP contribution in [0.4, 0.5) is 13.2 Å². The molecule has 0 aliphatic carbocycles. The second-order valence-corrected chi connectivity index (χ2v) is 4.18. The molecule has 0 aliphatic rings. The fourth-order valence-corrected chi connectivity index (χ4v) is 1.60. The van der Waals surface area contributed by atoms with Crippen molar-refractivity contribution < 1.29 is 18.0 Å². The Kier molecular flexibility index (Phi) is 4.52. The molecule has 0 aromatic heterocycles. The molecule has 0 unspecified atom stereocenters. The first-order chi connectivity index (χ1) is 7.73. The first kappa shape index (κ1) is 14.4. The van der Waals surface area contributed by atoms with Crippen molar-refractivity contribution in [3.05, 3.63) is 32.8 Å². The van der Waals surface area contributed by atoms with Gasteiger partial charge in [0, 0.05) is 6.54 Å². The Balaban J connectivity index is 2.78. The van der Waals surface area contributed by atoms with Crippen molar-refractivity contribution in [3.63, 3.8) is 0 Å². The molecular weight excluding hydrogens is 301 g/mol. The topological polar surface area (TPSA) is 29.1 Å². The first-order valence-corrected chi connectivity index (χ1v) is 5.34. The Hall–Kier alpha value is -0.650. The van der Waals surface area contributed by atoms with Crippen LogP contribution >= 0.6 is 34.8 Å². The Bertz CT molecular complexity index is 448. The minimum Gasteiger partial charge on any atom is -0.344 e. The van der Waals surface area contributed by atoms with E-state index < -0.39 is 12.1 Å². The smallest absolute Gasteiger partial charge is 0.344 e. The highest BCUT2D eigenvalue weighted by Gasteiger charge is 2.38. The molecule has 0 heterocycles. The Morgan fingerprint density at radius 1 is 1.18 bits per heavy atom. The number of hydrogen-bond acceptors (Lipinski definition) is 1. The maximum atomic E-state index is 11.9. The number of carbonyl (C=O) groups is 1. The number of benzene rings is 1. The number of amides is 1. The second kappa shape index (κ2) is 5.33. The molecule has 1 rings (SSSR count). The fraction of sp³-hybridized carbons (Fsp3) is 0.222. The molecule has 2 nitrogen and oxygen atoms in total. The van der Waals surface area contributed by atoms with Gasteiger partial charge in [0.1, 0.15) is 0 Å². The van der Waals surface area contributed by atoms with Crippen LogP contribution in [0.3, 0.4) is 0 Å². The van der Waals surface area contributed by atoms with E-state index in [-0.39, 0.29) is 27.2 Å². The van der Waals surface area contributed by atoms with Gasteiger partial charge in [-0.2, -0.15) is 13.2 Å². The van der Waals surface area contributed by atoms with E-state index in [1.54, 1.807) is 5.32 Å². The maximum Gasteiger partial charge on any atom is 0.471 e. The monoisotopic (exact) mass is 305 g/mol. The molecule has 0 atom stereocenters. The van der Waals surface area contributed by atoms with Gasteiger partial charge in [-0.15, -0.1) is 0 Å². The molecule has 8 heteroatoms. The average molecular weight is 306 g/mol. The fourth-order valence-electron chi connectivity index (χ4n) is 0.978. The molecule has 0 fully saturated rings. The third-order valence-corrected chi connectivity index (χ3v) is 3.14. The lowest BCUT2D eigenvalue weighted by Gasteiger charge is -2.10. The van der Waals surface area contributed by atoms with E-state index in [0.29, 0.717) is 0 Å². The Morgan fingerprint density at radius 3 is 2.29 bits per heavy atom. The molecule has 0 bridgehead atoms. The minimum absolute atomic E-state index is 0.0154. The van der Waals surface area contributed by atoms with Gasteiger partial charge in [-0.25, -0.2) is 0 Å². The summed E-state index contributed by atoms with van der Waals surface area (Å²) in [7, 11) is 0. The summed E-state index contributed by atoms with van der Waals surface area (Å²) >= 11 is 17.1. The number of carbonyl (C=O) groups excluding carboxylic acids is 1. The van der Waals surface area contributed by atoms with Gasteiger partial charge in [0.25, 0.3) is 0 Å². The standard InChI is InChI=1S/C9H5Cl3F3NO/c10-5-2-1-4(6(11)7(5)12)3-16-8(17)9(13,14)15/h1-2H,3H2,(H,16,17). The molecule has 0 saturated heterocycles. The first-order valence-electron chi connectivity index (χ1n) is 4.21.